The molecule has 408 valence electrons. The van der Waals surface area contributed by atoms with Crippen molar-refractivity contribution in [3.8, 4) is 11.5 Å². The first-order chi connectivity index (χ1) is 34.6. The van der Waals surface area contributed by atoms with E-state index in [1.165, 1.54) is 12.2 Å². The molecule has 1 aromatic carbocycles. The highest BCUT2D eigenvalue weighted by atomic mass is 16.8. The molecule has 0 aromatic heterocycles. The molecule has 3 aliphatic heterocycles. The number of ether oxygens (including phenoxy) is 7. The third-order valence-corrected chi connectivity index (χ3v) is 12.7. The number of rotatable bonds is 29. The van der Waals surface area contributed by atoms with Crippen molar-refractivity contribution < 1.29 is 104 Å². The van der Waals surface area contributed by atoms with E-state index >= 15 is 0 Å². The van der Waals surface area contributed by atoms with Gasteiger partial charge in [-0.2, -0.15) is 0 Å². The first-order valence-electron chi connectivity index (χ1n) is 25.0. The van der Waals surface area contributed by atoms with Crippen LogP contribution in [0.25, 0.3) is 0 Å². The third-order valence-electron chi connectivity index (χ3n) is 12.7. The molecular weight excluding hydrogens is 949 g/mol. The Morgan fingerprint density at radius 1 is 0.653 bits per heavy atom. The molecule has 3 fully saturated rings. The monoisotopic (exact) mass is 1030 g/mol. The molecular formula is C51H78O21. The van der Waals surface area contributed by atoms with Gasteiger partial charge in [0.2, 0.25) is 0 Å². The van der Waals surface area contributed by atoms with Crippen LogP contribution in [0.2, 0.25) is 0 Å². The van der Waals surface area contributed by atoms with E-state index in [4.69, 9.17) is 33.2 Å². The Hall–Kier alpha value is -3.88. The van der Waals surface area contributed by atoms with Gasteiger partial charge in [-0.25, -0.2) is 4.79 Å². The second-order valence-electron chi connectivity index (χ2n) is 18.2. The summed E-state index contributed by atoms with van der Waals surface area (Å²) in [6.07, 6.45) is -5.08. The smallest absolute Gasteiger partial charge is 0.331 e. The van der Waals surface area contributed by atoms with Gasteiger partial charge in [-0.05, 0) is 37.3 Å². The Morgan fingerprint density at radius 2 is 1.29 bits per heavy atom. The lowest BCUT2D eigenvalue weighted by atomic mass is 9.88. The SMILES string of the molecule is CCCCC/C=C/C=C/[C@@H](O)C/C=C/C=C/C(=O)O[C@@H]1[C@@H](O)[C@H](c2c(O)cc(O)cc2CO)O[C@H](CO)[C@H]1O[C@@H]1O[C@H](COC(=O)CCCCCCCCC)[C@H](O)[C@H](O)[C@H]1O[C@@H]1O[C@H](CO)[C@H](O)[C@H](O)[C@H]1O. The first-order valence-corrected chi connectivity index (χ1v) is 25.0. The Kier molecular flexibility index (Phi) is 26.8. The lowest BCUT2D eigenvalue weighted by Crippen LogP contribution is -2.66. The molecule has 3 heterocycles. The highest BCUT2D eigenvalue weighted by Crippen LogP contribution is 2.43. The van der Waals surface area contributed by atoms with E-state index in [1.54, 1.807) is 18.2 Å². The number of carbonyl (C=O) groups is 2. The molecule has 72 heavy (non-hydrogen) atoms. The van der Waals surface area contributed by atoms with E-state index in [-0.39, 0.29) is 24.0 Å². The van der Waals surface area contributed by atoms with E-state index in [1.807, 2.05) is 12.2 Å². The highest BCUT2D eigenvalue weighted by Gasteiger charge is 2.55. The van der Waals surface area contributed by atoms with Crippen molar-refractivity contribution in [2.75, 3.05) is 19.8 Å². The number of esters is 2. The van der Waals surface area contributed by atoms with Gasteiger partial charge in [0.1, 0.15) is 91.4 Å². The number of benzene rings is 1. The van der Waals surface area contributed by atoms with Crippen LogP contribution in [-0.2, 0) is 49.4 Å². The molecule has 0 bridgehead atoms. The van der Waals surface area contributed by atoms with Gasteiger partial charge < -0.3 is 94.4 Å². The lowest BCUT2D eigenvalue weighted by molar-refractivity contribution is -0.383. The zero-order valence-corrected chi connectivity index (χ0v) is 41.1. The van der Waals surface area contributed by atoms with Crippen molar-refractivity contribution in [1.29, 1.82) is 0 Å². The molecule has 0 unspecified atom stereocenters. The molecule has 21 nitrogen and oxygen atoms in total. The largest absolute Gasteiger partial charge is 0.508 e. The van der Waals surface area contributed by atoms with Crippen LogP contribution in [0.5, 0.6) is 11.5 Å². The standard InChI is InChI=1S/C51H78O21/c1-3-5-7-9-11-13-16-20-31(55)21-17-15-19-23-38(59)70-48-45(65)47(39-30(26-52)24-32(56)25-33(39)57)67-35(28-54)46(48)71-51-49(72-50-44(64)42(62)40(60)34(27-53)68-50)43(63)41(61)36(69-51)29-66-37(58)22-18-14-12-10-8-6-4-2/h11,13,15-17,19-20,23-25,31,34-36,40-57,60-65H,3-10,12,14,18,21-22,26-29H2,1-2H3/b13-11+,17-15+,20-16+,23-19+/t31-,34-,35-,36-,40+,41+,42+,43+,44-,45+,46-,47+,48-,49-,50+,51+/m1/s1. The fourth-order valence-electron chi connectivity index (χ4n) is 8.57. The number of phenolic OH excluding ortho intramolecular Hbond substituents is 2. The summed E-state index contributed by atoms with van der Waals surface area (Å²) in [6, 6.07) is 1.99. The van der Waals surface area contributed by atoms with Gasteiger partial charge in [-0.1, -0.05) is 108 Å². The van der Waals surface area contributed by atoms with Crippen molar-refractivity contribution in [1.82, 2.24) is 0 Å². The van der Waals surface area contributed by atoms with Gasteiger partial charge >= 0.3 is 11.9 Å². The van der Waals surface area contributed by atoms with E-state index in [0.717, 1.165) is 82.4 Å². The highest BCUT2D eigenvalue weighted by molar-refractivity contribution is 5.82. The minimum absolute atomic E-state index is 0.0425. The summed E-state index contributed by atoms with van der Waals surface area (Å²) in [5.74, 6) is -2.84. The molecule has 0 saturated carbocycles. The molecule has 0 aliphatic carbocycles. The summed E-state index contributed by atoms with van der Waals surface area (Å²) in [7, 11) is 0. The van der Waals surface area contributed by atoms with Gasteiger partial charge in [0.05, 0.1) is 25.9 Å². The number of hydrogen-bond acceptors (Lipinski definition) is 21. The fraction of sp³-hybridized carbons (Fsp3) is 0.686. The van der Waals surface area contributed by atoms with E-state index in [0.29, 0.717) is 6.42 Å². The first kappa shape index (κ1) is 60.7. The van der Waals surface area contributed by atoms with Crippen molar-refractivity contribution in [2.45, 2.75) is 202 Å². The third kappa shape index (κ3) is 17.9. The molecule has 3 aliphatic rings. The van der Waals surface area contributed by atoms with Crippen LogP contribution >= 0.6 is 0 Å². The number of carbonyl (C=O) groups excluding carboxylic acids is 2. The molecule has 0 spiro atoms. The maximum absolute atomic E-state index is 13.6. The molecule has 1 aromatic rings. The van der Waals surface area contributed by atoms with Gasteiger partial charge in [0, 0.05) is 24.1 Å². The molecule has 12 N–H and O–H groups in total. The molecule has 4 rings (SSSR count). The van der Waals surface area contributed by atoms with Crippen LogP contribution < -0.4 is 0 Å². The summed E-state index contributed by atoms with van der Waals surface area (Å²) >= 11 is 0. The van der Waals surface area contributed by atoms with Crippen LogP contribution in [0.1, 0.15) is 115 Å². The van der Waals surface area contributed by atoms with Crippen molar-refractivity contribution in [2.24, 2.45) is 0 Å². The fourth-order valence-corrected chi connectivity index (χ4v) is 8.57. The van der Waals surface area contributed by atoms with Gasteiger partial charge in [-0.3, -0.25) is 4.79 Å². The van der Waals surface area contributed by atoms with E-state index < -0.39 is 148 Å². The number of unbranched alkanes of at least 4 members (excludes halogenated alkanes) is 9. The Bertz CT molecular complexity index is 1870. The normalized spacial score (nSPS) is 31.8. The maximum atomic E-state index is 13.6. The van der Waals surface area contributed by atoms with E-state index in [9.17, 15) is 70.9 Å². The minimum atomic E-state index is -2.06. The Morgan fingerprint density at radius 3 is 1.99 bits per heavy atom. The predicted molar refractivity (Wildman–Crippen MR) is 255 cm³/mol. The summed E-state index contributed by atoms with van der Waals surface area (Å²) in [5, 5.41) is 129. The number of hydrogen-bond donors (Lipinski definition) is 12. The average molecular weight is 1030 g/mol. The molecule has 3 saturated heterocycles. The maximum Gasteiger partial charge on any atom is 0.331 e. The number of aromatic hydroxyl groups is 2. The van der Waals surface area contributed by atoms with Gasteiger partial charge in [-0.15, -0.1) is 0 Å². The predicted octanol–water partition coefficient (Wildman–Crippen LogP) is 1.55. The minimum Gasteiger partial charge on any atom is -0.508 e. The van der Waals surface area contributed by atoms with Crippen molar-refractivity contribution in [3.63, 3.8) is 0 Å². The van der Waals surface area contributed by atoms with Crippen molar-refractivity contribution >= 4 is 11.9 Å². The summed E-state index contributed by atoms with van der Waals surface area (Å²) in [6.45, 7) is 0.984. The molecule has 0 radical (unpaired) electrons. The topological polar surface area (TPSA) is 342 Å². The lowest BCUT2D eigenvalue weighted by Gasteiger charge is -2.49. The zero-order valence-electron chi connectivity index (χ0n) is 41.1. The second kappa shape index (κ2) is 31.8. The van der Waals surface area contributed by atoms with Crippen LogP contribution in [0.4, 0.5) is 0 Å². The number of allylic oxidation sites excluding steroid dienone is 5. The zero-order chi connectivity index (χ0) is 52.7. The number of aliphatic hydroxyl groups is 10. The average Bonchev–Trinajstić information content (AvgIpc) is 3.36. The number of aliphatic hydroxyl groups excluding tert-OH is 10. The van der Waals surface area contributed by atoms with Crippen LogP contribution in [0, 0.1) is 0 Å². The van der Waals surface area contributed by atoms with Crippen LogP contribution in [-0.4, -0.2) is 185 Å². The summed E-state index contributed by atoms with van der Waals surface area (Å²) < 4.78 is 41.0. The van der Waals surface area contributed by atoms with Crippen molar-refractivity contribution in [3.05, 3.63) is 71.9 Å². The number of phenols is 2. The second-order valence-corrected chi connectivity index (χ2v) is 18.2. The molecule has 0 amide bonds. The molecule has 21 heteroatoms. The molecule has 16 atom stereocenters. The Balaban J connectivity index is 1.64. The van der Waals surface area contributed by atoms with E-state index in [2.05, 4.69) is 13.8 Å². The van der Waals surface area contributed by atoms with Crippen LogP contribution in [0.3, 0.4) is 0 Å². The quantitative estimate of drug-likeness (QED) is 0.0234. The summed E-state index contributed by atoms with van der Waals surface area (Å²) in [4.78, 5) is 26.4. The summed E-state index contributed by atoms with van der Waals surface area (Å²) in [5.41, 5.74) is -0.374. The van der Waals surface area contributed by atoms with Crippen LogP contribution in [0.15, 0.2) is 60.7 Å². The van der Waals surface area contributed by atoms with Gasteiger partial charge in [0.15, 0.2) is 18.7 Å². The van der Waals surface area contributed by atoms with Gasteiger partial charge in [0.25, 0.3) is 0 Å². The Labute approximate surface area is 420 Å².